The minimum absolute atomic E-state index is 0.0134. The Morgan fingerprint density at radius 3 is 2.24 bits per heavy atom. The first-order valence-electron chi connectivity index (χ1n) is 8.62. The molecule has 0 saturated carbocycles. The first-order valence-corrected chi connectivity index (χ1v) is 8.62. The standard InChI is InChI=1S/C21H26N2O2/c1-16-9-11-18(12-10-16)13-14-20(24)23(17(2)21(25)22-3)15-19-7-5-4-6-8-19/h4-12,17H,13-15H2,1-3H3,(H,22,25)/t17-/m1/s1. The van der Waals surface area contributed by atoms with Gasteiger partial charge in [0.1, 0.15) is 6.04 Å². The normalized spacial score (nSPS) is 11.6. The maximum Gasteiger partial charge on any atom is 0.242 e. The second kappa shape index (κ2) is 9.02. The van der Waals surface area contributed by atoms with Gasteiger partial charge in [0, 0.05) is 20.0 Å². The van der Waals surface area contributed by atoms with Gasteiger partial charge < -0.3 is 10.2 Å². The van der Waals surface area contributed by atoms with Crippen LogP contribution in [0.1, 0.15) is 30.0 Å². The third-order valence-electron chi connectivity index (χ3n) is 4.36. The van der Waals surface area contributed by atoms with Crippen molar-refractivity contribution in [3.8, 4) is 0 Å². The number of hydrogen-bond donors (Lipinski definition) is 1. The van der Waals surface area contributed by atoms with E-state index in [1.807, 2.05) is 49.4 Å². The number of nitrogens with zero attached hydrogens (tertiary/aromatic N) is 1. The number of benzene rings is 2. The molecule has 2 aromatic carbocycles. The first kappa shape index (κ1) is 18.7. The van der Waals surface area contributed by atoms with Crippen LogP contribution < -0.4 is 5.32 Å². The Hall–Kier alpha value is -2.62. The Bertz CT molecular complexity index is 696. The van der Waals surface area contributed by atoms with E-state index in [1.54, 1.807) is 18.9 Å². The molecule has 0 radical (unpaired) electrons. The van der Waals surface area contributed by atoms with Crippen LogP contribution in [0.2, 0.25) is 0 Å². The lowest BCUT2D eigenvalue weighted by atomic mass is 10.1. The summed E-state index contributed by atoms with van der Waals surface area (Å²) < 4.78 is 0. The second-order valence-electron chi connectivity index (χ2n) is 6.28. The molecule has 4 nitrogen and oxygen atoms in total. The van der Waals surface area contributed by atoms with E-state index in [4.69, 9.17) is 0 Å². The summed E-state index contributed by atoms with van der Waals surface area (Å²) in [5.41, 5.74) is 3.35. The number of rotatable bonds is 7. The average Bonchev–Trinajstić information content (AvgIpc) is 2.65. The van der Waals surface area contributed by atoms with Crippen molar-refractivity contribution in [3.05, 3.63) is 71.3 Å². The number of carbonyl (C=O) groups excluding carboxylic acids is 2. The van der Waals surface area contributed by atoms with Crippen LogP contribution in [-0.2, 0) is 22.6 Å². The fraction of sp³-hybridized carbons (Fsp3) is 0.333. The molecular formula is C21H26N2O2. The van der Waals surface area contributed by atoms with E-state index < -0.39 is 6.04 Å². The van der Waals surface area contributed by atoms with Crippen LogP contribution in [0.4, 0.5) is 0 Å². The highest BCUT2D eigenvalue weighted by molar-refractivity contribution is 5.87. The maximum absolute atomic E-state index is 12.8. The third kappa shape index (κ3) is 5.45. The molecule has 0 saturated heterocycles. The van der Waals surface area contributed by atoms with Crippen molar-refractivity contribution in [1.82, 2.24) is 10.2 Å². The fourth-order valence-electron chi connectivity index (χ4n) is 2.72. The Labute approximate surface area is 149 Å². The van der Waals surface area contributed by atoms with E-state index >= 15 is 0 Å². The van der Waals surface area contributed by atoms with Gasteiger partial charge in [-0.15, -0.1) is 0 Å². The molecule has 0 aromatic heterocycles. The van der Waals surface area contributed by atoms with E-state index in [0.29, 0.717) is 19.4 Å². The van der Waals surface area contributed by atoms with E-state index in [2.05, 4.69) is 17.4 Å². The minimum Gasteiger partial charge on any atom is -0.357 e. The number of likely N-dealkylation sites (N-methyl/N-ethyl adjacent to an activating group) is 1. The van der Waals surface area contributed by atoms with Crippen LogP contribution in [0.15, 0.2) is 54.6 Å². The van der Waals surface area contributed by atoms with Crippen LogP contribution in [0.25, 0.3) is 0 Å². The van der Waals surface area contributed by atoms with E-state index in [-0.39, 0.29) is 11.8 Å². The van der Waals surface area contributed by atoms with Crippen LogP contribution in [0, 0.1) is 6.92 Å². The fourth-order valence-corrected chi connectivity index (χ4v) is 2.72. The summed E-state index contributed by atoms with van der Waals surface area (Å²) in [5.74, 6) is -0.167. The molecule has 1 N–H and O–H groups in total. The van der Waals surface area contributed by atoms with E-state index in [1.165, 1.54) is 5.56 Å². The molecule has 2 rings (SSSR count). The Morgan fingerprint density at radius 1 is 1.00 bits per heavy atom. The number of nitrogens with one attached hydrogen (secondary N) is 1. The van der Waals surface area contributed by atoms with Gasteiger partial charge in [-0.1, -0.05) is 60.2 Å². The molecule has 0 fully saturated rings. The van der Waals surface area contributed by atoms with Crippen molar-refractivity contribution >= 4 is 11.8 Å². The van der Waals surface area contributed by atoms with Crippen LogP contribution >= 0.6 is 0 Å². The quantitative estimate of drug-likeness (QED) is 0.843. The number of amides is 2. The lowest BCUT2D eigenvalue weighted by Gasteiger charge is -2.28. The highest BCUT2D eigenvalue weighted by atomic mass is 16.2. The first-order chi connectivity index (χ1) is 12.0. The largest absolute Gasteiger partial charge is 0.357 e. The number of hydrogen-bond acceptors (Lipinski definition) is 2. The summed E-state index contributed by atoms with van der Waals surface area (Å²) in [4.78, 5) is 26.5. The van der Waals surface area contributed by atoms with Gasteiger partial charge in [-0.25, -0.2) is 0 Å². The smallest absolute Gasteiger partial charge is 0.242 e. The topological polar surface area (TPSA) is 49.4 Å². The highest BCUT2D eigenvalue weighted by Gasteiger charge is 2.25. The van der Waals surface area contributed by atoms with Crippen molar-refractivity contribution in [1.29, 1.82) is 0 Å². The molecular weight excluding hydrogens is 312 g/mol. The van der Waals surface area contributed by atoms with Gasteiger partial charge in [0.2, 0.25) is 11.8 Å². The van der Waals surface area contributed by atoms with Crippen molar-refractivity contribution in [2.75, 3.05) is 7.05 Å². The van der Waals surface area contributed by atoms with Gasteiger partial charge >= 0.3 is 0 Å². The molecule has 0 aliphatic carbocycles. The summed E-state index contributed by atoms with van der Waals surface area (Å²) in [7, 11) is 1.59. The zero-order valence-electron chi connectivity index (χ0n) is 15.2. The molecule has 0 aliphatic heterocycles. The Morgan fingerprint density at radius 2 is 1.64 bits per heavy atom. The monoisotopic (exact) mass is 338 g/mol. The Kier molecular flexibility index (Phi) is 6.75. The predicted molar refractivity (Wildman–Crippen MR) is 100 cm³/mol. The molecule has 1 atom stereocenters. The summed E-state index contributed by atoms with van der Waals surface area (Å²) >= 11 is 0. The third-order valence-corrected chi connectivity index (χ3v) is 4.36. The number of aryl methyl sites for hydroxylation is 2. The van der Waals surface area contributed by atoms with Gasteiger partial charge in [-0.2, -0.15) is 0 Å². The molecule has 0 bridgehead atoms. The van der Waals surface area contributed by atoms with E-state index in [9.17, 15) is 9.59 Å². The van der Waals surface area contributed by atoms with Gasteiger partial charge in [-0.3, -0.25) is 9.59 Å². The van der Waals surface area contributed by atoms with Gasteiger partial charge in [0.15, 0.2) is 0 Å². The highest BCUT2D eigenvalue weighted by Crippen LogP contribution is 2.13. The van der Waals surface area contributed by atoms with Crippen molar-refractivity contribution < 1.29 is 9.59 Å². The summed E-state index contributed by atoms with van der Waals surface area (Å²) in [5, 5.41) is 2.63. The predicted octanol–water partition coefficient (Wildman–Crippen LogP) is 3.09. The maximum atomic E-state index is 12.8. The van der Waals surface area contributed by atoms with Gasteiger partial charge in [0.25, 0.3) is 0 Å². The van der Waals surface area contributed by atoms with Crippen molar-refractivity contribution in [3.63, 3.8) is 0 Å². The molecule has 0 unspecified atom stereocenters. The average molecular weight is 338 g/mol. The van der Waals surface area contributed by atoms with Crippen molar-refractivity contribution in [2.45, 2.75) is 39.3 Å². The van der Waals surface area contributed by atoms with Crippen LogP contribution in [-0.4, -0.2) is 29.8 Å². The molecule has 0 aliphatic rings. The summed E-state index contributed by atoms with van der Waals surface area (Å²) in [6.45, 7) is 4.25. The lowest BCUT2D eigenvalue weighted by molar-refractivity contribution is -0.140. The SMILES string of the molecule is CNC(=O)[C@@H](C)N(Cc1ccccc1)C(=O)CCc1ccc(C)cc1. The zero-order valence-corrected chi connectivity index (χ0v) is 15.2. The molecule has 0 heterocycles. The second-order valence-corrected chi connectivity index (χ2v) is 6.28. The molecule has 2 amide bonds. The van der Waals surface area contributed by atoms with Crippen LogP contribution in [0.3, 0.4) is 0 Å². The lowest BCUT2D eigenvalue weighted by Crippen LogP contribution is -2.46. The molecule has 4 heteroatoms. The number of carbonyl (C=O) groups is 2. The van der Waals surface area contributed by atoms with Gasteiger partial charge in [-0.05, 0) is 31.4 Å². The molecule has 132 valence electrons. The van der Waals surface area contributed by atoms with Crippen molar-refractivity contribution in [2.24, 2.45) is 0 Å². The molecule has 0 spiro atoms. The Balaban J connectivity index is 2.08. The van der Waals surface area contributed by atoms with Gasteiger partial charge in [0.05, 0.1) is 0 Å². The minimum atomic E-state index is -0.504. The van der Waals surface area contributed by atoms with Crippen LogP contribution in [0.5, 0.6) is 0 Å². The molecule has 25 heavy (non-hydrogen) atoms. The van der Waals surface area contributed by atoms with E-state index in [0.717, 1.165) is 11.1 Å². The summed E-state index contributed by atoms with van der Waals surface area (Å²) in [6, 6.07) is 17.4. The zero-order chi connectivity index (χ0) is 18.2. The molecule has 2 aromatic rings. The summed E-state index contributed by atoms with van der Waals surface area (Å²) in [6.07, 6.45) is 1.06.